The zero-order valence-electron chi connectivity index (χ0n) is 10.3. The molecule has 0 bridgehead atoms. The number of halogens is 3. The number of aryl methyl sites for hydroxylation is 1. The second kappa shape index (κ2) is 5.63. The molecule has 108 valence electrons. The molecule has 2 aromatic rings. The molecule has 0 aliphatic carbocycles. The van der Waals surface area contributed by atoms with Crippen LogP contribution in [0.5, 0.6) is 0 Å². The first-order valence-electron chi connectivity index (χ1n) is 5.49. The summed E-state index contributed by atoms with van der Waals surface area (Å²) in [6, 6.07) is 4.68. The minimum atomic E-state index is -4.13. The summed E-state index contributed by atoms with van der Waals surface area (Å²) in [4.78, 5) is -0.637. The van der Waals surface area contributed by atoms with Crippen LogP contribution in [0.15, 0.2) is 38.1 Å². The minimum absolute atomic E-state index is 0.126. The van der Waals surface area contributed by atoms with Gasteiger partial charge in [0.15, 0.2) is 0 Å². The third-order valence-corrected chi connectivity index (χ3v) is 4.83. The number of nitrogens with one attached hydrogen (secondary N) is 1. The fraction of sp³-hybridized carbons (Fsp3) is 0.167. The van der Waals surface area contributed by atoms with E-state index < -0.39 is 26.6 Å². The van der Waals surface area contributed by atoms with Gasteiger partial charge in [0.05, 0.1) is 6.54 Å². The molecule has 0 aliphatic rings. The van der Waals surface area contributed by atoms with Gasteiger partial charge in [0.1, 0.15) is 28.1 Å². The molecule has 0 fully saturated rings. The van der Waals surface area contributed by atoms with Crippen molar-refractivity contribution in [3.05, 3.63) is 51.9 Å². The van der Waals surface area contributed by atoms with Gasteiger partial charge in [0.25, 0.3) is 0 Å². The van der Waals surface area contributed by atoms with Crippen LogP contribution in [-0.2, 0) is 16.6 Å². The predicted octanol–water partition coefficient (Wildman–Crippen LogP) is 3.11. The van der Waals surface area contributed by atoms with Crippen molar-refractivity contribution in [2.45, 2.75) is 18.4 Å². The quantitative estimate of drug-likeness (QED) is 0.905. The first-order valence-corrected chi connectivity index (χ1v) is 7.77. The van der Waals surface area contributed by atoms with Gasteiger partial charge in [0.2, 0.25) is 10.0 Å². The monoisotopic (exact) mass is 365 g/mol. The maximum Gasteiger partial charge on any atom is 0.245 e. The van der Waals surface area contributed by atoms with E-state index in [0.29, 0.717) is 17.6 Å². The van der Waals surface area contributed by atoms with Crippen LogP contribution < -0.4 is 4.72 Å². The lowest BCUT2D eigenvalue weighted by Gasteiger charge is -2.08. The van der Waals surface area contributed by atoms with Gasteiger partial charge in [0, 0.05) is 10.5 Å². The molecule has 0 atom stereocenters. The predicted molar refractivity (Wildman–Crippen MR) is 71.5 cm³/mol. The fourth-order valence-corrected chi connectivity index (χ4v) is 3.76. The average molecular weight is 366 g/mol. The molecule has 4 nitrogen and oxygen atoms in total. The van der Waals surface area contributed by atoms with E-state index in [1.807, 2.05) is 0 Å². The highest BCUT2D eigenvalue weighted by Gasteiger charge is 2.23. The third kappa shape index (κ3) is 3.25. The highest BCUT2D eigenvalue weighted by atomic mass is 79.9. The van der Waals surface area contributed by atoms with Crippen LogP contribution in [0.2, 0.25) is 0 Å². The molecule has 1 heterocycles. The van der Waals surface area contributed by atoms with Crippen LogP contribution in [0.25, 0.3) is 0 Å². The summed E-state index contributed by atoms with van der Waals surface area (Å²) >= 11 is 2.84. The minimum Gasteiger partial charge on any atom is -0.465 e. The van der Waals surface area contributed by atoms with Crippen LogP contribution in [0.4, 0.5) is 8.78 Å². The molecule has 0 radical (unpaired) electrons. The molecule has 1 aromatic carbocycles. The van der Waals surface area contributed by atoms with Crippen molar-refractivity contribution in [2.24, 2.45) is 0 Å². The Morgan fingerprint density at radius 2 is 2.00 bits per heavy atom. The number of rotatable bonds is 4. The topological polar surface area (TPSA) is 59.3 Å². The molecule has 1 N–H and O–H groups in total. The normalized spacial score (nSPS) is 11.8. The van der Waals surface area contributed by atoms with Gasteiger partial charge in [-0.25, -0.2) is 21.9 Å². The molecule has 1 aromatic heterocycles. The Morgan fingerprint density at radius 3 is 2.55 bits per heavy atom. The second-order valence-electron chi connectivity index (χ2n) is 4.04. The van der Waals surface area contributed by atoms with Gasteiger partial charge in [-0.15, -0.1) is 0 Å². The van der Waals surface area contributed by atoms with E-state index in [0.717, 1.165) is 6.07 Å². The summed E-state index contributed by atoms with van der Waals surface area (Å²) in [5.74, 6) is -1.01. The lowest BCUT2D eigenvalue weighted by atomic mass is 10.3. The molecule has 20 heavy (non-hydrogen) atoms. The summed E-state index contributed by atoms with van der Waals surface area (Å²) in [5.41, 5.74) is 0. The van der Waals surface area contributed by atoms with Gasteiger partial charge in [-0.2, -0.15) is 0 Å². The molecule has 0 amide bonds. The van der Waals surface area contributed by atoms with Gasteiger partial charge < -0.3 is 4.42 Å². The van der Waals surface area contributed by atoms with Crippen molar-refractivity contribution in [3.8, 4) is 0 Å². The number of hydrogen-bond acceptors (Lipinski definition) is 3. The Bertz CT molecular complexity index is 720. The fourth-order valence-electron chi connectivity index (χ4n) is 1.60. The van der Waals surface area contributed by atoms with E-state index in [4.69, 9.17) is 4.42 Å². The first kappa shape index (κ1) is 15.1. The van der Waals surface area contributed by atoms with Gasteiger partial charge in [-0.3, -0.25) is 0 Å². The SMILES string of the molecule is Cc1ccc(CNS(=O)(=O)c2c(F)cc(F)cc2Br)o1. The number of furan rings is 1. The van der Waals surface area contributed by atoms with Crippen molar-refractivity contribution >= 4 is 26.0 Å². The van der Waals surface area contributed by atoms with Crippen molar-refractivity contribution < 1.29 is 21.6 Å². The Hall–Kier alpha value is -1.25. The average Bonchev–Trinajstić information content (AvgIpc) is 2.71. The molecule has 0 saturated carbocycles. The standard InChI is InChI=1S/C12H10BrF2NO3S/c1-7-2-3-9(19-7)6-16-20(17,18)12-10(13)4-8(14)5-11(12)15/h2-5,16H,6H2,1H3. The largest absolute Gasteiger partial charge is 0.465 e. The van der Waals surface area contributed by atoms with E-state index in [-0.39, 0.29) is 11.0 Å². The van der Waals surface area contributed by atoms with E-state index >= 15 is 0 Å². The van der Waals surface area contributed by atoms with Crippen LogP contribution in [-0.4, -0.2) is 8.42 Å². The lowest BCUT2D eigenvalue weighted by Crippen LogP contribution is -2.24. The van der Waals surface area contributed by atoms with E-state index in [9.17, 15) is 17.2 Å². The molecular formula is C12H10BrF2NO3S. The van der Waals surface area contributed by atoms with Crippen molar-refractivity contribution in [3.63, 3.8) is 0 Å². The zero-order chi connectivity index (χ0) is 14.9. The molecule has 2 rings (SSSR count). The van der Waals surface area contributed by atoms with Gasteiger partial charge >= 0.3 is 0 Å². The molecule has 8 heteroatoms. The van der Waals surface area contributed by atoms with Crippen LogP contribution in [0, 0.1) is 18.6 Å². The molecule has 0 unspecified atom stereocenters. The van der Waals surface area contributed by atoms with E-state index in [1.54, 1.807) is 19.1 Å². The van der Waals surface area contributed by atoms with Crippen LogP contribution in [0.3, 0.4) is 0 Å². The van der Waals surface area contributed by atoms with Crippen LogP contribution >= 0.6 is 15.9 Å². The summed E-state index contributed by atoms with van der Waals surface area (Å²) in [6.45, 7) is 1.59. The number of sulfonamides is 1. The number of benzene rings is 1. The van der Waals surface area contributed by atoms with Gasteiger partial charge in [-0.05, 0) is 41.1 Å². The van der Waals surface area contributed by atoms with E-state index in [1.165, 1.54) is 0 Å². The third-order valence-electron chi connectivity index (χ3n) is 2.46. The highest BCUT2D eigenvalue weighted by molar-refractivity contribution is 9.10. The van der Waals surface area contributed by atoms with Crippen LogP contribution in [0.1, 0.15) is 11.5 Å². The Morgan fingerprint density at radius 1 is 1.30 bits per heavy atom. The number of hydrogen-bond donors (Lipinski definition) is 1. The zero-order valence-corrected chi connectivity index (χ0v) is 12.7. The Kier molecular flexibility index (Phi) is 4.26. The van der Waals surface area contributed by atoms with E-state index in [2.05, 4.69) is 20.7 Å². The molecule has 0 saturated heterocycles. The van der Waals surface area contributed by atoms with Crippen molar-refractivity contribution in [1.82, 2.24) is 4.72 Å². The lowest BCUT2D eigenvalue weighted by molar-refractivity contribution is 0.474. The smallest absolute Gasteiger partial charge is 0.245 e. The molecule has 0 spiro atoms. The Balaban J connectivity index is 2.27. The summed E-state index contributed by atoms with van der Waals surface area (Å²) in [5, 5.41) is 0. The molecular weight excluding hydrogens is 356 g/mol. The van der Waals surface area contributed by atoms with Gasteiger partial charge in [-0.1, -0.05) is 0 Å². The summed E-state index contributed by atoms with van der Waals surface area (Å²) in [6.07, 6.45) is 0. The summed E-state index contributed by atoms with van der Waals surface area (Å²) in [7, 11) is -4.13. The van der Waals surface area contributed by atoms with Crippen molar-refractivity contribution in [1.29, 1.82) is 0 Å². The maximum absolute atomic E-state index is 13.6. The highest BCUT2D eigenvalue weighted by Crippen LogP contribution is 2.26. The second-order valence-corrected chi connectivity index (χ2v) is 6.59. The summed E-state index contributed by atoms with van der Waals surface area (Å²) < 4.78 is 57.8. The first-order chi connectivity index (χ1) is 9.29. The van der Waals surface area contributed by atoms with Crippen molar-refractivity contribution in [2.75, 3.05) is 0 Å². The molecule has 0 aliphatic heterocycles. The maximum atomic E-state index is 13.6. The Labute approximate surface area is 123 Å².